The Balaban J connectivity index is 1.89. The van der Waals surface area contributed by atoms with Crippen molar-refractivity contribution >= 4 is 44.5 Å². The molecule has 0 saturated heterocycles. The van der Waals surface area contributed by atoms with Gasteiger partial charge in [0.1, 0.15) is 16.8 Å². The van der Waals surface area contributed by atoms with E-state index in [2.05, 4.69) is 45.8 Å². The molecule has 0 aliphatic carbocycles. The van der Waals surface area contributed by atoms with E-state index < -0.39 is 0 Å². The minimum atomic E-state index is 0.475. The van der Waals surface area contributed by atoms with Crippen molar-refractivity contribution < 1.29 is 0 Å². The SMILES string of the molecule is CCCc1nc(Cl)cc(Nc2ccc3sccc3c2)n1. The summed E-state index contributed by atoms with van der Waals surface area (Å²) in [5, 5.41) is 7.09. The summed E-state index contributed by atoms with van der Waals surface area (Å²) >= 11 is 7.78. The van der Waals surface area contributed by atoms with Crippen LogP contribution in [0.3, 0.4) is 0 Å². The first kappa shape index (κ1) is 13.3. The molecule has 0 bridgehead atoms. The van der Waals surface area contributed by atoms with Gasteiger partial charge in [-0.3, -0.25) is 0 Å². The smallest absolute Gasteiger partial charge is 0.135 e. The molecule has 1 aromatic carbocycles. The lowest BCUT2D eigenvalue weighted by molar-refractivity contribution is 0.837. The number of hydrogen-bond acceptors (Lipinski definition) is 4. The van der Waals surface area contributed by atoms with E-state index in [9.17, 15) is 0 Å². The number of aromatic nitrogens is 2. The molecule has 0 amide bonds. The molecule has 0 radical (unpaired) electrons. The topological polar surface area (TPSA) is 37.8 Å². The molecule has 0 fully saturated rings. The Morgan fingerprint density at radius 3 is 2.95 bits per heavy atom. The zero-order chi connectivity index (χ0) is 13.9. The number of nitrogens with zero attached hydrogens (tertiary/aromatic N) is 2. The molecular formula is C15H14ClN3S. The minimum Gasteiger partial charge on any atom is -0.340 e. The Kier molecular flexibility index (Phi) is 3.85. The molecule has 0 atom stereocenters. The van der Waals surface area contributed by atoms with Crippen molar-refractivity contribution in [3.05, 3.63) is 46.7 Å². The number of anilines is 2. The highest BCUT2D eigenvalue weighted by atomic mass is 35.5. The molecule has 0 unspecified atom stereocenters. The van der Waals surface area contributed by atoms with Gasteiger partial charge >= 0.3 is 0 Å². The number of thiophene rings is 1. The predicted octanol–water partition coefficient (Wildman–Crippen LogP) is 5.04. The highest BCUT2D eigenvalue weighted by molar-refractivity contribution is 7.17. The van der Waals surface area contributed by atoms with Crippen LogP contribution in [0, 0.1) is 0 Å². The first-order chi connectivity index (χ1) is 9.74. The van der Waals surface area contributed by atoms with Crippen LogP contribution >= 0.6 is 22.9 Å². The number of hydrogen-bond donors (Lipinski definition) is 1. The number of benzene rings is 1. The third-order valence-corrected chi connectivity index (χ3v) is 4.03. The van der Waals surface area contributed by atoms with Crippen molar-refractivity contribution in [2.45, 2.75) is 19.8 Å². The van der Waals surface area contributed by atoms with Crippen molar-refractivity contribution in [3.63, 3.8) is 0 Å². The molecule has 102 valence electrons. The molecule has 0 aliphatic heterocycles. The molecule has 20 heavy (non-hydrogen) atoms. The van der Waals surface area contributed by atoms with Gasteiger partial charge in [0.2, 0.25) is 0 Å². The van der Waals surface area contributed by atoms with Gasteiger partial charge in [0.25, 0.3) is 0 Å². The first-order valence-electron chi connectivity index (χ1n) is 6.52. The summed E-state index contributed by atoms with van der Waals surface area (Å²) in [6.07, 6.45) is 1.83. The van der Waals surface area contributed by atoms with Crippen LogP contribution in [0.1, 0.15) is 19.2 Å². The van der Waals surface area contributed by atoms with Gasteiger partial charge in [0.05, 0.1) is 0 Å². The summed E-state index contributed by atoms with van der Waals surface area (Å²) in [6, 6.07) is 10.1. The lowest BCUT2D eigenvalue weighted by Gasteiger charge is -2.08. The fraction of sp³-hybridized carbons (Fsp3) is 0.200. The normalized spacial score (nSPS) is 10.9. The van der Waals surface area contributed by atoms with Crippen LogP contribution in [0.5, 0.6) is 0 Å². The van der Waals surface area contributed by atoms with Crippen LogP contribution < -0.4 is 5.32 Å². The second-order valence-corrected chi connectivity index (χ2v) is 5.88. The third kappa shape index (κ3) is 2.92. The first-order valence-corrected chi connectivity index (χ1v) is 7.78. The zero-order valence-electron chi connectivity index (χ0n) is 11.1. The molecule has 3 aromatic rings. The van der Waals surface area contributed by atoms with Gasteiger partial charge < -0.3 is 5.32 Å². The van der Waals surface area contributed by atoms with Gasteiger partial charge in [-0.25, -0.2) is 9.97 Å². The van der Waals surface area contributed by atoms with Gasteiger partial charge in [0.15, 0.2) is 0 Å². The summed E-state index contributed by atoms with van der Waals surface area (Å²) < 4.78 is 1.28. The third-order valence-electron chi connectivity index (χ3n) is 2.94. The fourth-order valence-electron chi connectivity index (χ4n) is 2.06. The molecule has 3 nitrogen and oxygen atoms in total. The highest BCUT2D eigenvalue weighted by Gasteiger charge is 2.04. The molecule has 3 rings (SSSR count). The van der Waals surface area contributed by atoms with Gasteiger partial charge in [-0.15, -0.1) is 11.3 Å². The highest BCUT2D eigenvalue weighted by Crippen LogP contribution is 2.26. The monoisotopic (exact) mass is 303 g/mol. The van der Waals surface area contributed by atoms with Gasteiger partial charge in [-0.05, 0) is 41.5 Å². The lowest BCUT2D eigenvalue weighted by atomic mass is 10.2. The minimum absolute atomic E-state index is 0.475. The van der Waals surface area contributed by atoms with Crippen molar-refractivity contribution in [1.82, 2.24) is 9.97 Å². The van der Waals surface area contributed by atoms with E-state index in [1.165, 1.54) is 10.1 Å². The maximum absolute atomic E-state index is 6.04. The largest absolute Gasteiger partial charge is 0.340 e. The van der Waals surface area contributed by atoms with Crippen LogP contribution in [0.15, 0.2) is 35.7 Å². The standard InChI is InChI=1S/C15H14ClN3S/c1-2-3-14-18-13(16)9-15(19-14)17-11-4-5-12-10(8-11)6-7-20-12/h4-9H,2-3H2,1H3,(H,17,18,19). The van der Waals surface area contributed by atoms with Crippen LogP contribution in [0.2, 0.25) is 5.15 Å². The van der Waals surface area contributed by atoms with E-state index in [1.54, 1.807) is 17.4 Å². The van der Waals surface area contributed by atoms with E-state index >= 15 is 0 Å². The Morgan fingerprint density at radius 1 is 1.20 bits per heavy atom. The zero-order valence-corrected chi connectivity index (χ0v) is 12.6. The lowest BCUT2D eigenvalue weighted by Crippen LogP contribution is -2.00. The average Bonchev–Trinajstić information content (AvgIpc) is 2.85. The Morgan fingerprint density at radius 2 is 2.10 bits per heavy atom. The van der Waals surface area contributed by atoms with Crippen LogP contribution in [0.4, 0.5) is 11.5 Å². The Labute approximate surface area is 126 Å². The number of halogens is 1. The van der Waals surface area contributed by atoms with Gasteiger partial charge in [-0.2, -0.15) is 0 Å². The number of fused-ring (bicyclic) bond motifs is 1. The quantitative estimate of drug-likeness (QED) is 0.686. The fourth-order valence-corrected chi connectivity index (χ4v) is 3.03. The number of aryl methyl sites for hydroxylation is 1. The van der Waals surface area contributed by atoms with Gasteiger partial charge in [-0.1, -0.05) is 18.5 Å². The second-order valence-electron chi connectivity index (χ2n) is 4.54. The van der Waals surface area contributed by atoms with E-state index in [1.807, 2.05) is 6.07 Å². The predicted molar refractivity (Wildman–Crippen MR) is 86.1 cm³/mol. The van der Waals surface area contributed by atoms with Crippen LogP contribution in [-0.4, -0.2) is 9.97 Å². The summed E-state index contributed by atoms with van der Waals surface area (Å²) in [7, 11) is 0. The number of nitrogens with one attached hydrogen (secondary N) is 1. The van der Waals surface area contributed by atoms with E-state index in [-0.39, 0.29) is 0 Å². The van der Waals surface area contributed by atoms with E-state index in [0.717, 1.165) is 30.2 Å². The Bertz CT molecular complexity index is 739. The van der Waals surface area contributed by atoms with E-state index in [0.29, 0.717) is 5.15 Å². The summed E-state index contributed by atoms with van der Waals surface area (Å²) in [4.78, 5) is 8.71. The van der Waals surface area contributed by atoms with Gasteiger partial charge in [0, 0.05) is 22.9 Å². The van der Waals surface area contributed by atoms with E-state index in [4.69, 9.17) is 11.6 Å². The molecule has 1 N–H and O–H groups in total. The van der Waals surface area contributed by atoms with Crippen molar-refractivity contribution in [3.8, 4) is 0 Å². The second kappa shape index (κ2) is 5.77. The maximum atomic E-state index is 6.04. The molecule has 0 aliphatic rings. The molecule has 0 spiro atoms. The molecule has 2 heterocycles. The van der Waals surface area contributed by atoms with Crippen molar-refractivity contribution in [2.75, 3.05) is 5.32 Å². The Hall–Kier alpha value is -1.65. The van der Waals surface area contributed by atoms with Crippen LogP contribution in [0.25, 0.3) is 10.1 Å². The maximum Gasteiger partial charge on any atom is 0.135 e. The average molecular weight is 304 g/mol. The summed E-state index contributed by atoms with van der Waals surface area (Å²) in [5.74, 6) is 1.52. The van der Waals surface area contributed by atoms with Crippen molar-refractivity contribution in [2.24, 2.45) is 0 Å². The van der Waals surface area contributed by atoms with Crippen LogP contribution in [-0.2, 0) is 6.42 Å². The molecule has 0 saturated carbocycles. The number of rotatable bonds is 4. The molecule has 5 heteroatoms. The molecular weight excluding hydrogens is 290 g/mol. The van der Waals surface area contributed by atoms with Crippen molar-refractivity contribution in [1.29, 1.82) is 0 Å². The summed E-state index contributed by atoms with van der Waals surface area (Å²) in [6.45, 7) is 2.10. The molecule has 2 aromatic heterocycles. The summed E-state index contributed by atoms with van der Waals surface area (Å²) in [5.41, 5.74) is 1.01.